The van der Waals surface area contributed by atoms with Crippen molar-refractivity contribution in [1.29, 1.82) is 0 Å². The molecule has 2 N–H and O–H groups in total. The molecular weight excluding hydrogens is 302 g/mol. The predicted octanol–water partition coefficient (Wildman–Crippen LogP) is 2.48. The van der Waals surface area contributed by atoms with Crippen LogP contribution in [0, 0.1) is 5.41 Å². The highest BCUT2D eigenvalue weighted by Gasteiger charge is 2.43. The molecular formula is C18H19N5O. The molecule has 6 nitrogen and oxygen atoms in total. The number of H-pyrrole nitrogens is 1. The first-order valence-electron chi connectivity index (χ1n) is 8.10. The summed E-state index contributed by atoms with van der Waals surface area (Å²) < 4.78 is 1.94. The lowest BCUT2D eigenvalue weighted by Crippen LogP contribution is -2.32. The molecule has 0 aliphatic heterocycles. The first kappa shape index (κ1) is 14.7. The fourth-order valence-electron chi connectivity index (χ4n) is 2.91. The molecule has 1 aliphatic rings. The van der Waals surface area contributed by atoms with E-state index >= 15 is 0 Å². The summed E-state index contributed by atoms with van der Waals surface area (Å²) in [6.07, 6.45) is 9.48. The standard InChI is InChI=1S/C18H19N5O/c24-17(15-4-1-3-14(11-15)16-19-8-9-20-16)21-12-18(5-6-18)13-23-10-2-7-22-23/h1-4,7-11H,5-6,12-13H2,(H,19,20)(H,21,24). The minimum atomic E-state index is -0.0462. The Morgan fingerprint density at radius 3 is 2.92 bits per heavy atom. The fraction of sp³-hybridized carbons (Fsp3) is 0.278. The van der Waals surface area contributed by atoms with Gasteiger partial charge in [0.05, 0.1) is 0 Å². The average molecular weight is 321 g/mol. The monoisotopic (exact) mass is 321 g/mol. The number of rotatable bonds is 6. The maximum atomic E-state index is 12.5. The number of imidazole rings is 1. The molecule has 0 unspecified atom stereocenters. The van der Waals surface area contributed by atoms with E-state index in [-0.39, 0.29) is 11.3 Å². The second kappa shape index (κ2) is 5.96. The van der Waals surface area contributed by atoms with Crippen molar-refractivity contribution in [3.63, 3.8) is 0 Å². The minimum Gasteiger partial charge on any atom is -0.351 e. The molecule has 3 aromatic rings. The molecule has 1 fully saturated rings. The largest absolute Gasteiger partial charge is 0.351 e. The molecule has 0 atom stereocenters. The second-order valence-electron chi connectivity index (χ2n) is 6.40. The first-order chi connectivity index (χ1) is 11.7. The van der Waals surface area contributed by atoms with E-state index in [1.54, 1.807) is 18.6 Å². The summed E-state index contributed by atoms with van der Waals surface area (Å²) in [5.41, 5.74) is 1.71. The van der Waals surface area contributed by atoms with Gasteiger partial charge in [0, 0.05) is 54.4 Å². The number of carbonyl (C=O) groups excluding carboxylic acids is 1. The number of aromatic nitrogens is 4. The van der Waals surface area contributed by atoms with E-state index in [4.69, 9.17) is 0 Å². The van der Waals surface area contributed by atoms with Crippen LogP contribution in [0.15, 0.2) is 55.1 Å². The molecule has 2 heterocycles. The van der Waals surface area contributed by atoms with Gasteiger partial charge in [-0.1, -0.05) is 12.1 Å². The van der Waals surface area contributed by atoms with Crippen molar-refractivity contribution in [3.8, 4) is 11.4 Å². The number of nitrogens with zero attached hydrogens (tertiary/aromatic N) is 3. The predicted molar refractivity (Wildman–Crippen MR) is 90.3 cm³/mol. The van der Waals surface area contributed by atoms with Gasteiger partial charge in [-0.25, -0.2) is 4.98 Å². The molecule has 4 rings (SSSR count). The summed E-state index contributed by atoms with van der Waals surface area (Å²) in [6, 6.07) is 9.43. The van der Waals surface area contributed by atoms with E-state index in [9.17, 15) is 4.79 Å². The lowest BCUT2D eigenvalue weighted by atomic mass is 10.1. The summed E-state index contributed by atoms with van der Waals surface area (Å²) in [5.74, 6) is 0.720. The Labute approximate surface area is 139 Å². The van der Waals surface area contributed by atoms with Gasteiger partial charge in [0.2, 0.25) is 0 Å². The lowest BCUT2D eigenvalue weighted by molar-refractivity contribution is 0.0942. The molecule has 0 saturated heterocycles. The van der Waals surface area contributed by atoms with Crippen LogP contribution in [0.1, 0.15) is 23.2 Å². The van der Waals surface area contributed by atoms with Crippen molar-refractivity contribution in [2.24, 2.45) is 5.41 Å². The molecule has 0 bridgehead atoms. The molecule has 6 heteroatoms. The van der Waals surface area contributed by atoms with Crippen LogP contribution < -0.4 is 5.32 Å². The zero-order valence-electron chi connectivity index (χ0n) is 13.3. The third-order valence-corrected chi connectivity index (χ3v) is 4.53. The van der Waals surface area contributed by atoms with Crippen LogP contribution in [0.5, 0.6) is 0 Å². The Balaban J connectivity index is 1.41. The Morgan fingerprint density at radius 1 is 1.29 bits per heavy atom. The topological polar surface area (TPSA) is 75.6 Å². The highest BCUT2D eigenvalue weighted by atomic mass is 16.1. The Hall–Kier alpha value is -2.89. The first-order valence-corrected chi connectivity index (χ1v) is 8.10. The molecule has 1 saturated carbocycles. The highest BCUT2D eigenvalue weighted by molar-refractivity contribution is 5.95. The summed E-state index contributed by atoms with van der Waals surface area (Å²) in [7, 11) is 0. The number of aromatic amines is 1. The quantitative estimate of drug-likeness (QED) is 0.732. The minimum absolute atomic E-state index is 0.0462. The average Bonchev–Trinajstić information content (AvgIpc) is 3.01. The van der Waals surface area contributed by atoms with Crippen LogP contribution in [0.2, 0.25) is 0 Å². The zero-order valence-corrected chi connectivity index (χ0v) is 13.3. The van der Waals surface area contributed by atoms with Crippen LogP contribution >= 0.6 is 0 Å². The van der Waals surface area contributed by atoms with E-state index in [0.29, 0.717) is 12.1 Å². The molecule has 0 spiro atoms. The number of hydrogen-bond acceptors (Lipinski definition) is 3. The van der Waals surface area contributed by atoms with Crippen LogP contribution in [0.25, 0.3) is 11.4 Å². The molecule has 1 aromatic carbocycles. The highest BCUT2D eigenvalue weighted by Crippen LogP contribution is 2.46. The third-order valence-electron chi connectivity index (χ3n) is 4.53. The third kappa shape index (κ3) is 3.08. The summed E-state index contributed by atoms with van der Waals surface area (Å²) >= 11 is 0. The second-order valence-corrected chi connectivity index (χ2v) is 6.40. The van der Waals surface area contributed by atoms with Gasteiger partial charge >= 0.3 is 0 Å². The maximum Gasteiger partial charge on any atom is 0.251 e. The van der Waals surface area contributed by atoms with Crippen molar-refractivity contribution in [2.45, 2.75) is 19.4 Å². The van der Waals surface area contributed by atoms with E-state index in [0.717, 1.165) is 30.8 Å². The van der Waals surface area contributed by atoms with Crippen LogP contribution in [0.4, 0.5) is 0 Å². The van der Waals surface area contributed by atoms with Crippen molar-refractivity contribution in [3.05, 3.63) is 60.7 Å². The van der Waals surface area contributed by atoms with E-state index < -0.39 is 0 Å². The lowest BCUT2D eigenvalue weighted by Gasteiger charge is -2.16. The van der Waals surface area contributed by atoms with Crippen LogP contribution in [-0.2, 0) is 6.54 Å². The van der Waals surface area contributed by atoms with Gasteiger partial charge in [-0.2, -0.15) is 5.10 Å². The van der Waals surface area contributed by atoms with Crippen molar-refractivity contribution < 1.29 is 4.79 Å². The molecule has 0 radical (unpaired) electrons. The summed E-state index contributed by atoms with van der Waals surface area (Å²) in [6.45, 7) is 1.53. The fourth-order valence-corrected chi connectivity index (χ4v) is 2.91. The van der Waals surface area contributed by atoms with Crippen LogP contribution in [0.3, 0.4) is 0 Å². The number of benzene rings is 1. The van der Waals surface area contributed by atoms with Gasteiger partial charge in [-0.15, -0.1) is 0 Å². The van der Waals surface area contributed by atoms with Gasteiger partial charge < -0.3 is 10.3 Å². The molecule has 24 heavy (non-hydrogen) atoms. The van der Waals surface area contributed by atoms with E-state index in [2.05, 4.69) is 20.4 Å². The SMILES string of the molecule is O=C(NCC1(Cn2cccn2)CC1)c1cccc(-c2ncc[nH]2)c1. The van der Waals surface area contributed by atoms with E-state index in [1.807, 2.05) is 41.2 Å². The molecule has 2 aromatic heterocycles. The van der Waals surface area contributed by atoms with Crippen LogP contribution in [-0.4, -0.2) is 32.2 Å². The normalized spacial score (nSPS) is 15.2. The molecule has 122 valence electrons. The zero-order chi connectivity index (χ0) is 16.4. The number of hydrogen-bond donors (Lipinski definition) is 2. The Bertz CT molecular complexity index is 819. The number of nitrogens with one attached hydrogen (secondary N) is 2. The summed E-state index contributed by atoms with van der Waals surface area (Å²) in [4.78, 5) is 19.8. The van der Waals surface area contributed by atoms with Crippen molar-refractivity contribution >= 4 is 5.91 Å². The van der Waals surface area contributed by atoms with Gasteiger partial charge in [0.25, 0.3) is 5.91 Å². The summed E-state index contributed by atoms with van der Waals surface area (Å²) in [5, 5.41) is 7.34. The number of amides is 1. The van der Waals surface area contributed by atoms with Gasteiger partial charge in [0.1, 0.15) is 5.82 Å². The van der Waals surface area contributed by atoms with Crippen molar-refractivity contribution in [1.82, 2.24) is 25.1 Å². The van der Waals surface area contributed by atoms with Gasteiger partial charge in [-0.05, 0) is 31.0 Å². The van der Waals surface area contributed by atoms with E-state index in [1.165, 1.54) is 0 Å². The maximum absolute atomic E-state index is 12.5. The smallest absolute Gasteiger partial charge is 0.251 e. The Kier molecular flexibility index (Phi) is 3.65. The van der Waals surface area contributed by atoms with Gasteiger partial charge in [-0.3, -0.25) is 9.48 Å². The Morgan fingerprint density at radius 2 is 2.21 bits per heavy atom. The molecule has 1 aliphatic carbocycles. The van der Waals surface area contributed by atoms with Crippen molar-refractivity contribution in [2.75, 3.05) is 6.54 Å². The number of carbonyl (C=O) groups is 1. The molecule has 1 amide bonds. The van der Waals surface area contributed by atoms with Gasteiger partial charge in [0.15, 0.2) is 0 Å².